The van der Waals surface area contributed by atoms with Crippen molar-refractivity contribution in [2.75, 3.05) is 6.79 Å². The highest BCUT2D eigenvalue weighted by atomic mass is 35.5. The lowest BCUT2D eigenvalue weighted by atomic mass is 10.0. The number of hydrogen-bond donors (Lipinski definition) is 1. The molecule has 2 rings (SSSR count). The molecular formula is C13H13ClO3. The minimum atomic E-state index is -0.581. The zero-order valence-corrected chi connectivity index (χ0v) is 10.3. The number of benzene rings is 1. The van der Waals surface area contributed by atoms with Gasteiger partial charge in [-0.05, 0) is 31.0 Å². The Labute approximate surface area is 105 Å². The van der Waals surface area contributed by atoms with E-state index in [1.807, 2.05) is 0 Å². The van der Waals surface area contributed by atoms with Gasteiger partial charge >= 0.3 is 0 Å². The summed E-state index contributed by atoms with van der Waals surface area (Å²) < 4.78 is 10.5. The van der Waals surface area contributed by atoms with Crippen molar-refractivity contribution in [2.24, 2.45) is 0 Å². The number of ether oxygens (including phenoxy) is 2. The van der Waals surface area contributed by atoms with Crippen LogP contribution in [0.5, 0.6) is 11.5 Å². The molecule has 1 aromatic carbocycles. The maximum absolute atomic E-state index is 9.98. The average Bonchev–Trinajstić information content (AvgIpc) is 2.77. The Bertz CT molecular complexity index is 474. The van der Waals surface area contributed by atoms with E-state index in [1.165, 1.54) is 0 Å². The SMILES string of the molecule is CC#CCCC(O)c1cc(Cl)c2c(c1)OCO2. The van der Waals surface area contributed by atoms with Crippen LogP contribution >= 0.6 is 11.6 Å². The topological polar surface area (TPSA) is 38.7 Å². The van der Waals surface area contributed by atoms with Gasteiger partial charge in [0.25, 0.3) is 0 Å². The van der Waals surface area contributed by atoms with Gasteiger partial charge < -0.3 is 14.6 Å². The molecule has 0 radical (unpaired) electrons. The van der Waals surface area contributed by atoms with Crippen LogP contribution in [0.2, 0.25) is 5.02 Å². The summed E-state index contributed by atoms with van der Waals surface area (Å²) in [5.41, 5.74) is 0.733. The van der Waals surface area contributed by atoms with Crippen LogP contribution < -0.4 is 9.47 Å². The Balaban J connectivity index is 2.15. The van der Waals surface area contributed by atoms with Gasteiger partial charge in [-0.1, -0.05) is 11.6 Å². The number of halogens is 1. The summed E-state index contributed by atoms with van der Waals surface area (Å²) >= 11 is 6.04. The lowest BCUT2D eigenvalue weighted by molar-refractivity contribution is 0.167. The van der Waals surface area contributed by atoms with Gasteiger partial charge in [-0.15, -0.1) is 11.8 Å². The maximum Gasteiger partial charge on any atom is 0.231 e. The van der Waals surface area contributed by atoms with Crippen molar-refractivity contribution in [1.29, 1.82) is 0 Å². The van der Waals surface area contributed by atoms with Gasteiger partial charge in [-0.2, -0.15) is 0 Å². The van der Waals surface area contributed by atoms with E-state index in [9.17, 15) is 5.11 Å². The Morgan fingerprint density at radius 1 is 1.47 bits per heavy atom. The molecule has 0 amide bonds. The molecule has 1 N–H and O–H groups in total. The van der Waals surface area contributed by atoms with Gasteiger partial charge in [0, 0.05) is 6.42 Å². The first-order chi connectivity index (χ1) is 8.22. The minimum absolute atomic E-state index is 0.177. The number of aliphatic hydroxyl groups excluding tert-OH is 1. The molecule has 0 saturated carbocycles. The van der Waals surface area contributed by atoms with Crippen molar-refractivity contribution in [3.8, 4) is 23.3 Å². The summed E-state index contributed by atoms with van der Waals surface area (Å²) in [4.78, 5) is 0. The highest BCUT2D eigenvalue weighted by Crippen LogP contribution is 2.41. The normalized spacial score (nSPS) is 14.1. The number of fused-ring (bicyclic) bond motifs is 1. The van der Waals surface area contributed by atoms with Crippen LogP contribution in [0.4, 0.5) is 0 Å². The molecule has 3 nitrogen and oxygen atoms in total. The third-order valence-corrected chi connectivity index (χ3v) is 2.83. The van der Waals surface area contributed by atoms with Gasteiger partial charge in [0.2, 0.25) is 6.79 Å². The Morgan fingerprint density at radius 2 is 2.29 bits per heavy atom. The van der Waals surface area contributed by atoms with Crippen molar-refractivity contribution in [2.45, 2.75) is 25.9 Å². The Kier molecular flexibility index (Phi) is 3.78. The average molecular weight is 253 g/mol. The largest absolute Gasteiger partial charge is 0.454 e. The molecule has 0 aromatic heterocycles. The molecule has 0 fully saturated rings. The number of rotatable bonds is 3. The van der Waals surface area contributed by atoms with Gasteiger partial charge in [-0.3, -0.25) is 0 Å². The molecule has 90 valence electrons. The molecule has 1 aliphatic heterocycles. The first kappa shape index (κ1) is 12.1. The Morgan fingerprint density at radius 3 is 3.06 bits per heavy atom. The van der Waals surface area contributed by atoms with Crippen LogP contribution in [0, 0.1) is 11.8 Å². The second-order valence-electron chi connectivity index (χ2n) is 3.72. The van der Waals surface area contributed by atoms with Crippen LogP contribution in [0.3, 0.4) is 0 Å². The quantitative estimate of drug-likeness (QED) is 0.841. The first-order valence-corrected chi connectivity index (χ1v) is 5.77. The number of aliphatic hydroxyl groups is 1. The second kappa shape index (κ2) is 5.31. The molecule has 0 aliphatic carbocycles. The van der Waals surface area contributed by atoms with Crippen molar-refractivity contribution in [3.05, 3.63) is 22.7 Å². The van der Waals surface area contributed by atoms with E-state index in [0.717, 1.165) is 5.56 Å². The van der Waals surface area contributed by atoms with Crippen LogP contribution in [0.25, 0.3) is 0 Å². The number of hydrogen-bond acceptors (Lipinski definition) is 3. The van der Waals surface area contributed by atoms with Crippen molar-refractivity contribution < 1.29 is 14.6 Å². The Hall–Kier alpha value is -1.37. The second-order valence-corrected chi connectivity index (χ2v) is 4.12. The lowest BCUT2D eigenvalue weighted by Gasteiger charge is -2.10. The summed E-state index contributed by atoms with van der Waals surface area (Å²) in [5, 5.41) is 10.4. The predicted molar refractivity (Wildman–Crippen MR) is 65.2 cm³/mol. The molecule has 1 aliphatic rings. The first-order valence-electron chi connectivity index (χ1n) is 5.39. The van der Waals surface area contributed by atoms with Gasteiger partial charge in [0.15, 0.2) is 11.5 Å². The van der Waals surface area contributed by atoms with Gasteiger partial charge in [0.05, 0.1) is 11.1 Å². The molecule has 1 atom stereocenters. The van der Waals surface area contributed by atoms with E-state index in [2.05, 4.69) is 11.8 Å². The fraction of sp³-hybridized carbons (Fsp3) is 0.385. The van der Waals surface area contributed by atoms with E-state index in [1.54, 1.807) is 19.1 Å². The summed E-state index contributed by atoms with van der Waals surface area (Å²) in [6.07, 6.45) is 0.656. The maximum atomic E-state index is 9.98. The zero-order valence-electron chi connectivity index (χ0n) is 9.50. The fourth-order valence-corrected chi connectivity index (χ4v) is 1.95. The highest BCUT2D eigenvalue weighted by Gasteiger charge is 2.20. The van der Waals surface area contributed by atoms with E-state index >= 15 is 0 Å². The van der Waals surface area contributed by atoms with Crippen LogP contribution in [0.15, 0.2) is 12.1 Å². The van der Waals surface area contributed by atoms with E-state index in [4.69, 9.17) is 21.1 Å². The lowest BCUT2D eigenvalue weighted by Crippen LogP contribution is -1.97. The van der Waals surface area contributed by atoms with E-state index < -0.39 is 6.10 Å². The fourth-order valence-electron chi connectivity index (χ4n) is 1.68. The third-order valence-electron chi connectivity index (χ3n) is 2.55. The van der Waals surface area contributed by atoms with Gasteiger partial charge in [0.1, 0.15) is 0 Å². The van der Waals surface area contributed by atoms with Crippen molar-refractivity contribution in [1.82, 2.24) is 0 Å². The molecule has 1 unspecified atom stereocenters. The molecule has 0 spiro atoms. The van der Waals surface area contributed by atoms with E-state index in [-0.39, 0.29) is 6.79 Å². The standard InChI is InChI=1S/C13H13ClO3/c1-2-3-4-5-11(15)9-6-10(14)13-12(7-9)16-8-17-13/h6-7,11,15H,4-5,8H2,1H3. The van der Waals surface area contributed by atoms with Crippen LogP contribution in [0.1, 0.15) is 31.4 Å². The highest BCUT2D eigenvalue weighted by molar-refractivity contribution is 6.32. The summed E-state index contributed by atoms with van der Waals surface area (Å²) in [7, 11) is 0. The summed E-state index contributed by atoms with van der Waals surface area (Å²) in [6.45, 7) is 1.96. The molecule has 0 saturated heterocycles. The molecule has 4 heteroatoms. The molecule has 1 heterocycles. The molecular weight excluding hydrogens is 240 g/mol. The van der Waals surface area contributed by atoms with Crippen LogP contribution in [-0.4, -0.2) is 11.9 Å². The summed E-state index contributed by atoms with van der Waals surface area (Å²) in [6, 6.07) is 3.47. The van der Waals surface area contributed by atoms with Crippen molar-refractivity contribution in [3.63, 3.8) is 0 Å². The minimum Gasteiger partial charge on any atom is -0.454 e. The molecule has 0 bridgehead atoms. The smallest absolute Gasteiger partial charge is 0.231 e. The van der Waals surface area contributed by atoms with E-state index in [0.29, 0.717) is 29.4 Å². The zero-order chi connectivity index (χ0) is 12.3. The monoisotopic (exact) mass is 252 g/mol. The van der Waals surface area contributed by atoms with Gasteiger partial charge in [-0.25, -0.2) is 0 Å². The molecule has 17 heavy (non-hydrogen) atoms. The summed E-state index contributed by atoms with van der Waals surface area (Å²) in [5.74, 6) is 6.86. The third kappa shape index (κ3) is 2.66. The molecule has 1 aromatic rings. The van der Waals surface area contributed by atoms with Crippen LogP contribution in [-0.2, 0) is 0 Å². The van der Waals surface area contributed by atoms with Crippen molar-refractivity contribution >= 4 is 11.6 Å². The predicted octanol–water partition coefficient (Wildman–Crippen LogP) is 2.91.